The molecule has 0 aromatic heterocycles. The first-order valence-corrected chi connectivity index (χ1v) is 7.06. The van der Waals surface area contributed by atoms with Crippen LogP contribution >= 0.6 is 0 Å². The van der Waals surface area contributed by atoms with Crippen molar-refractivity contribution < 1.29 is 10.4 Å². The second-order valence-electron chi connectivity index (χ2n) is 4.75. The number of aliphatic imine (C=N–C) groups is 1. The average molecular weight is 313 g/mol. The zero-order valence-corrected chi connectivity index (χ0v) is 12.5. The fraction of sp³-hybridized carbons (Fsp3) is 0.125. The molecule has 0 atom stereocenters. The Balaban J connectivity index is 1.78. The zero-order valence-electron chi connectivity index (χ0n) is 12.5. The molecule has 7 heteroatoms. The van der Waals surface area contributed by atoms with Gasteiger partial charge >= 0.3 is 0 Å². The molecule has 0 heterocycles. The molecule has 7 nitrogen and oxygen atoms in total. The van der Waals surface area contributed by atoms with Crippen molar-refractivity contribution >= 4 is 17.9 Å². The maximum Gasteiger partial charge on any atom is 0.209 e. The van der Waals surface area contributed by atoms with Gasteiger partial charge in [0, 0.05) is 6.54 Å². The molecular formula is C16H19N5O2. The normalized spacial score (nSPS) is 11.7. The van der Waals surface area contributed by atoms with Crippen LogP contribution in [0.15, 0.2) is 64.7 Å². The van der Waals surface area contributed by atoms with Gasteiger partial charge in [0.1, 0.15) is 0 Å². The summed E-state index contributed by atoms with van der Waals surface area (Å²) in [6, 6.07) is 16.5. The number of guanidine groups is 1. The van der Waals surface area contributed by atoms with Crippen LogP contribution in [0.4, 0.5) is 5.69 Å². The standard InChI is InChI=1S/C16H19N5O2/c17-16(18-11-10-13-4-2-1-3-5-13)20-19-12-14-6-8-15(9-7-14)21(22)23/h1-9,12,22-23H,10-11H2,(H3,17,18,20). The number of rotatable bonds is 6. The Morgan fingerprint density at radius 2 is 1.78 bits per heavy atom. The van der Waals surface area contributed by atoms with Crippen molar-refractivity contribution in [3.05, 3.63) is 65.7 Å². The Bertz CT molecular complexity index is 654. The quantitative estimate of drug-likeness (QED) is 0.369. The lowest BCUT2D eigenvalue weighted by atomic mass is 10.2. The van der Waals surface area contributed by atoms with E-state index in [1.54, 1.807) is 30.5 Å². The number of nitrogens with one attached hydrogen (secondary N) is 1. The first kappa shape index (κ1) is 16.5. The lowest BCUT2D eigenvalue weighted by Crippen LogP contribution is -2.27. The smallest absolute Gasteiger partial charge is 0.209 e. The highest BCUT2D eigenvalue weighted by atomic mass is 16.8. The Morgan fingerprint density at radius 1 is 1.09 bits per heavy atom. The van der Waals surface area contributed by atoms with Crippen molar-refractivity contribution in [1.82, 2.24) is 5.43 Å². The molecule has 0 aliphatic heterocycles. The minimum Gasteiger partial charge on any atom is -0.369 e. The SMILES string of the molecule is NC(=NCCc1ccccc1)NN=Cc1ccc(N(O)O)cc1. The lowest BCUT2D eigenvalue weighted by Gasteiger charge is -2.06. The summed E-state index contributed by atoms with van der Waals surface area (Å²) in [4.78, 5) is 4.18. The number of benzene rings is 2. The molecule has 0 saturated heterocycles. The minimum atomic E-state index is 0.0521. The number of anilines is 1. The van der Waals surface area contributed by atoms with Gasteiger partial charge in [-0.1, -0.05) is 42.5 Å². The van der Waals surface area contributed by atoms with Gasteiger partial charge in [0.2, 0.25) is 5.96 Å². The number of nitrogens with two attached hydrogens (primary N) is 1. The van der Waals surface area contributed by atoms with Crippen LogP contribution in [0.3, 0.4) is 0 Å². The lowest BCUT2D eigenvalue weighted by molar-refractivity contribution is 0.0291. The summed E-state index contributed by atoms with van der Waals surface area (Å²) >= 11 is 0. The van der Waals surface area contributed by atoms with Crippen molar-refractivity contribution in [3.63, 3.8) is 0 Å². The summed E-state index contributed by atoms with van der Waals surface area (Å²) in [5, 5.41) is 21.7. The van der Waals surface area contributed by atoms with E-state index < -0.39 is 0 Å². The third-order valence-electron chi connectivity index (χ3n) is 3.04. The maximum absolute atomic E-state index is 8.84. The van der Waals surface area contributed by atoms with Crippen molar-refractivity contribution in [2.45, 2.75) is 6.42 Å². The number of hydrazone groups is 1. The van der Waals surface area contributed by atoms with Gasteiger partial charge in [-0.25, -0.2) is 5.43 Å². The Labute approximate surface area is 134 Å². The highest BCUT2D eigenvalue weighted by Crippen LogP contribution is 2.10. The summed E-state index contributed by atoms with van der Waals surface area (Å²) in [5.74, 6) is 0.241. The molecule has 2 rings (SSSR count). The summed E-state index contributed by atoms with van der Waals surface area (Å²) in [6.45, 7) is 0.579. The fourth-order valence-electron chi connectivity index (χ4n) is 1.85. The molecule has 5 N–H and O–H groups in total. The number of hydrogen-bond acceptors (Lipinski definition) is 5. The van der Waals surface area contributed by atoms with Crippen molar-refractivity contribution in [2.75, 3.05) is 11.8 Å². The topological polar surface area (TPSA) is 106 Å². The van der Waals surface area contributed by atoms with Crippen LogP contribution in [-0.4, -0.2) is 29.1 Å². The third kappa shape index (κ3) is 5.77. The van der Waals surface area contributed by atoms with Crippen molar-refractivity contribution in [3.8, 4) is 0 Å². The molecule has 0 spiro atoms. The van der Waals surface area contributed by atoms with Crippen LogP contribution in [0.1, 0.15) is 11.1 Å². The van der Waals surface area contributed by atoms with Gasteiger partial charge in [-0.2, -0.15) is 5.10 Å². The highest BCUT2D eigenvalue weighted by Gasteiger charge is 1.97. The molecule has 23 heavy (non-hydrogen) atoms. The molecule has 2 aromatic rings. The van der Waals surface area contributed by atoms with Crippen LogP contribution in [0, 0.1) is 0 Å². The predicted molar refractivity (Wildman–Crippen MR) is 89.9 cm³/mol. The molecule has 0 amide bonds. The van der Waals surface area contributed by atoms with E-state index in [4.69, 9.17) is 16.1 Å². The largest absolute Gasteiger partial charge is 0.369 e. The molecular weight excluding hydrogens is 294 g/mol. The van der Waals surface area contributed by atoms with Gasteiger partial charge < -0.3 is 5.73 Å². The second kappa shape index (κ2) is 8.52. The molecule has 0 unspecified atom stereocenters. The van der Waals surface area contributed by atoms with E-state index in [1.807, 2.05) is 30.3 Å². The van der Waals surface area contributed by atoms with Gasteiger partial charge in [0.25, 0.3) is 0 Å². The summed E-state index contributed by atoms with van der Waals surface area (Å²) < 4.78 is 0. The second-order valence-corrected chi connectivity index (χ2v) is 4.75. The van der Waals surface area contributed by atoms with Crippen LogP contribution in [0.5, 0.6) is 0 Å². The molecule has 120 valence electrons. The Morgan fingerprint density at radius 3 is 2.43 bits per heavy atom. The van der Waals surface area contributed by atoms with E-state index in [-0.39, 0.29) is 16.9 Å². The average Bonchev–Trinajstić information content (AvgIpc) is 2.56. The zero-order chi connectivity index (χ0) is 16.5. The van der Waals surface area contributed by atoms with E-state index in [0.717, 1.165) is 12.0 Å². The molecule has 0 bridgehead atoms. The Kier molecular flexibility index (Phi) is 6.10. The number of hydrogen-bond donors (Lipinski definition) is 4. The van der Waals surface area contributed by atoms with E-state index in [9.17, 15) is 0 Å². The van der Waals surface area contributed by atoms with E-state index >= 15 is 0 Å². The molecule has 0 saturated carbocycles. The van der Waals surface area contributed by atoms with Crippen LogP contribution in [-0.2, 0) is 6.42 Å². The molecule has 0 fully saturated rings. The van der Waals surface area contributed by atoms with Crippen LogP contribution < -0.4 is 16.4 Å². The Hall–Kier alpha value is -2.90. The van der Waals surface area contributed by atoms with Gasteiger partial charge in [-0.15, -0.1) is 5.23 Å². The third-order valence-corrected chi connectivity index (χ3v) is 3.04. The molecule has 0 aliphatic carbocycles. The minimum absolute atomic E-state index is 0.0521. The summed E-state index contributed by atoms with van der Waals surface area (Å²) in [6.07, 6.45) is 2.37. The fourth-order valence-corrected chi connectivity index (χ4v) is 1.85. The highest BCUT2D eigenvalue weighted by molar-refractivity contribution is 5.83. The first-order valence-electron chi connectivity index (χ1n) is 7.06. The summed E-state index contributed by atoms with van der Waals surface area (Å²) in [5.41, 5.74) is 10.6. The van der Waals surface area contributed by atoms with E-state index in [0.29, 0.717) is 6.54 Å². The predicted octanol–water partition coefficient (Wildman–Crippen LogP) is 1.75. The monoisotopic (exact) mass is 313 g/mol. The van der Waals surface area contributed by atoms with Crippen molar-refractivity contribution in [2.24, 2.45) is 15.8 Å². The van der Waals surface area contributed by atoms with Gasteiger partial charge in [0.15, 0.2) is 0 Å². The van der Waals surface area contributed by atoms with Gasteiger partial charge in [-0.3, -0.25) is 15.4 Å². The molecule has 2 aromatic carbocycles. The first-order chi connectivity index (χ1) is 11.1. The molecule has 0 aliphatic rings. The van der Waals surface area contributed by atoms with Gasteiger partial charge in [0.05, 0.1) is 11.9 Å². The van der Waals surface area contributed by atoms with Crippen LogP contribution in [0.2, 0.25) is 0 Å². The van der Waals surface area contributed by atoms with Crippen LogP contribution in [0.25, 0.3) is 0 Å². The summed E-state index contributed by atoms with van der Waals surface area (Å²) in [7, 11) is 0. The van der Waals surface area contributed by atoms with E-state index in [2.05, 4.69) is 15.5 Å². The van der Waals surface area contributed by atoms with Crippen molar-refractivity contribution in [1.29, 1.82) is 0 Å². The van der Waals surface area contributed by atoms with Gasteiger partial charge in [-0.05, 0) is 29.7 Å². The maximum atomic E-state index is 8.84. The number of nitrogens with zero attached hydrogens (tertiary/aromatic N) is 3. The molecule has 0 radical (unpaired) electrons. The van der Waals surface area contributed by atoms with E-state index in [1.165, 1.54) is 5.56 Å².